The van der Waals surface area contributed by atoms with Crippen LogP contribution >= 0.6 is 0 Å². The lowest BCUT2D eigenvalue weighted by Gasteiger charge is -2.23. The number of benzene rings is 2. The van der Waals surface area contributed by atoms with Gasteiger partial charge in [0.25, 0.3) is 0 Å². The molecule has 0 atom stereocenters. The van der Waals surface area contributed by atoms with Gasteiger partial charge in [-0.1, -0.05) is 60.7 Å². The zero-order chi connectivity index (χ0) is 22.8. The number of carbonyl (C=O) groups is 1. The van der Waals surface area contributed by atoms with Crippen molar-refractivity contribution in [2.45, 2.75) is 19.9 Å². The molecule has 0 saturated heterocycles. The lowest BCUT2D eigenvalue weighted by atomic mass is 10.1. The van der Waals surface area contributed by atoms with E-state index in [4.69, 9.17) is 4.74 Å². The molecule has 0 aliphatic carbocycles. The molecule has 0 amide bonds. The molecule has 1 aromatic heterocycles. The maximum atomic E-state index is 12.2. The molecule has 3 rings (SSSR count). The van der Waals surface area contributed by atoms with E-state index in [-0.39, 0.29) is 37.1 Å². The topological polar surface area (TPSA) is 110 Å². The molecule has 0 bridgehead atoms. The molecule has 1 heterocycles. The summed E-state index contributed by atoms with van der Waals surface area (Å²) in [6.45, 7) is 2.56. The lowest BCUT2D eigenvalue weighted by Crippen LogP contribution is -2.32. The van der Waals surface area contributed by atoms with Crippen molar-refractivity contribution < 1.29 is 14.5 Å². The van der Waals surface area contributed by atoms with E-state index in [1.165, 1.54) is 4.90 Å². The third-order valence-electron chi connectivity index (χ3n) is 4.63. The van der Waals surface area contributed by atoms with E-state index in [1.807, 2.05) is 60.7 Å². The zero-order valence-electron chi connectivity index (χ0n) is 17.8. The number of nitrogens with one attached hydrogen (secondary N) is 1. The zero-order valence-corrected chi connectivity index (χ0v) is 17.8. The summed E-state index contributed by atoms with van der Waals surface area (Å²) in [6, 6.07) is 19.3. The molecule has 0 radical (unpaired) electrons. The van der Waals surface area contributed by atoms with Crippen LogP contribution in [0.2, 0.25) is 0 Å². The number of aromatic nitrogens is 2. The van der Waals surface area contributed by atoms with Crippen LogP contribution in [0.4, 0.5) is 17.5 Å². The molecule has 32 heavy (non-hydrogen) atoms. The summed E-state index contributed by atoms with van der Waals surface area (Å²) in [7, 11) is 0. The monoisotopic (exact) mass is 435 g/mol. The second kappa shape index (κ2) is 11.4. The van der Waals surface area contributed by atoms with Gasteiger partial charge < -0.3 is 15.0 Å². The lowest BCUT2D eigenvalue weighted by molar-refractivity contribution is -0.384. The van der Waals surface area contributed by atoms with Gasteiger partial charge in [-0.3, -0.25) is 14.9 Å². The normalized spacial score (nSPS) is 10.4. The van der Waals surface area contributed by atoms with E-state index in [9.17, 15) is 14.9 Å². The fourth-order valence-electron chi connectivity index (χ4n) is 3.15. The van der Waals surface area contributed by atoms with E-state index < -0.39 is 10.9 Å². The number of esters is 1. The molecule has 0 fully saturated rings. The van der Waals surface area contributed by atoms with Crippen molar-refractivity contribution in [1.82, 2.24) is 9.97 Å². The van der Waals surface area contributed by atoms with E-state index in [0.717, 1.165) is 23.7 Å². The van der Waals surface area contributed by atoms with E-state index in [1.54, 1.807) is 6.92 Å². The maximum absolute atomic E-state index is 12.2. The van der Waals surface area contributed by atoms with Crippen molar-refractivity contribution in [2.24, 2.45) is 0 Å². The number of hydrogen-bond donors (Lipinski definition) is 1. The highest BCUT2D eigenvalue weighted by molar-refractivity contribution is 5.77. The molecule has 166 valence electrons. The van der Waals surface area contributed by atoms with E-state index >= 15 is 0 Å². The molecule has 0 spiro atoms. The number of anilines is 2. The molecule has 0 aliphatic heterocycles. The number of hydrogen-bond acceptors (Lipinski definition) is 8. The second-order valence-corrected chi connectivity index (χ2v) is 6.97. The molecule has 0 unspecified atom stereocenters. The number of nitrogens with zero attached hydrogens (tertiary/aromatic N) is 4. The van der Waals surface area contributed by atoms with Crippen molar-refractivity contribution in [1.29, 1.82) is 0 Å². The van der Waals surface area contributed by atoms with Gasteiger partial charge in [-0.15, -0.1) is 0 Å². The quantitative estimate of drug-likeness (QED) is 0.276. The fraction of sp³-hybridized carbons (Fsp3) is 0.261. The van der Waals surface area contributed by atoms with Crippen LogP contribution in [-0.4, -0.2) is 40.6 Å². The largest absolute Gasteiger partial charge is 0.465 e. The summed E-state index contributed by atoms with van der Waals surface area (Å²) in [4.78, 5) is 33.3. The maximum Gasteiger partial charge on any atom is 0.329 e. The fourth-order valence-corrected chi connectivity index (χ4v) is 3.15. The van der Waals surface area contributed by atoms with Crippen molar-refractivity contribution in [3.63, 3.8) is 0 Å². The van der Waals surface area contributed by atoms with Crippen molar-refractivity contribution >= 4 is 23.4 Å². The van der Waals surface area contributed by atoms with Crippen LogP contribution in [0.15, 0.2) is 66.9 Å². The third kappa shape index (κ3) is 6.49. The number of rotatable bonds is 11. The summed E-state index contributed by atoms with van der Waals surface area (Å²) >= 11 is 0. The first-order valence-corrected chi connectivity index (χ1v) is 10.3. The molecule has 9 nitrogen and oxygen atoms in total. The Morgan fingerprint density at radius 3 is 2.38 bits per heavy atom. The van der Waals surface area contributed by atoms with Gasteiger partial charge in [-0.05, 0) is 24.5 Å². The molecule has 0 aliphatic rings. The number of nitro groups is 1. The predicted octanol–water partition coefficient (Wildman–Crippen LogP) is 3.61. The van der Waals surface area contributed by atoms with Crippen LogP contribution in [0.25, 0.3) is 0 Å². The van der Waals surface area contributed by atoms with Crippen molar-refractivity contribution in [2.75, 3.05) is 29.9 Å². The van der Waals surface area contributed by atoms with Crippen LogP contribution < -0.4 is 10.2 Å². The second-order valence-electron chi connectivity index (χ2n) is 6.97. The molecule has 1 N–H and O–H groups in total. The average Bonchev–Trinajstić information content (AvgIpc) is 2.80. The van der Waals surface area contributed by atoms with Crippen LogP contribution in [0.1, 0.15) is 18.1 Å². The number of carbonyl (C=O) groups excluding carboxylic acids is 1. The Labute approximate surface area is 186 Å². The van der Waals surface area contributed by atoms with Crippen LogP contribution in [0.3, 0.4) is 0 Å². The summed E-state index contributed by atoms with van der Waals surface area (Å²) in [5.74, 6) is -0.178. The SMILES string of the molecule is CCOC(=O)CN(Cc1ccccc1)c1nc(NCCc2ccccc2)ncc1[N+](=O)[O-]. The Morgan fingerprint density at radius 2 is 1.75 bits per heavy atom. The van der Waals surface area contributed by atoms with Crippen LogP contribution in [0, 0.1) is 10.1 Å². The Morgan fingerprint density at radius 1 is 1.09 bits per heavy atom. The van der Waals surface area contributed by atoms with Gasteiger partial charge in [0.2, 0.25) is 11.8 Å². The Bertz CT molecular complexity index is 1030. The van der Waals surface area contributed by atoms with E-state index in [0.29, 0.717) is 6.54 Å². The van der Waals surface area contributed by atoms with Crippen molar-refractivity contribution in [3.8, 4) is 0 Å². The van der Waals surface area contributed by atoms with Gasteiger partial charge in [-0.2, -0.15) is 4.98 Å². The van der Waals surface area contributed by atoms with Crippen LogP contribution in [0.5, 0.6) is 0 Å². The molecular formula is C23H25N5O4. The Hall–Kier alpha value is -4.01. The predicted molar refractivity (Wildman–Crippen MR) is 121 cm³/mol. The third-order valence-corrected chi connectivity index (χ3v) is 4.63. The first kappa shape index (κ1) is 22.7. The number of ether oxygens (including phenoxy) is 1. The molecule has 9 heteroatoms. The van der Waals surface area contributed by atoms with Gasteiger partial charge in [0.15, 0.2) is 0 Å². The summed E-state index contributed by atoms with van der Waals surface area (Å²) < 4.78 is 5.07. The molecule has 3 aromatic rings. The van der Waals surface area contributed by atoms with Gasteiger partial charge in [-0.25, -0.2) is 4.98 Å². The molecular weight excluding hydrogens is 410 g/mol. The highest BCUT2D eigenvalue weighted by Crippen LogP contribution is 2.27. The first-order valence-electron chi connectivity index (χ1n) is 10.3. The van der Waals surface area contributed by atoms with E-state index in [2.05, 4.69) is 15.3 Å². The van der Waals surface area contributed by atoms with Crippen molar-refractivity contribution in [3.05, 3.63) is 88.1 Å². The minimum Gasteiger partial charge on any atom is -0.465 e. The Kier molecular flexibility index (Phi) is 8.08. The Balaban J connectivity index is 1.85. The van der Waals surface area contributed by atoms with Gasteiger partial charge in [0, 0.05) is 13.1 Å². The smallest absolute Gasteiger partial charge is 0.329 e. The standard InChI is InChI=1S/C23H25N5O4/c1-2-32-21(29)17-27(16-19-11-7-4-8-12-19)22-20(28(30)31)15-25-23(26-22)24-14-13-18-9-5-3-6-10-18/h3-12,15H,2,13-14,16-17H2,1H3,(H,24,25,26). The van der Waals surface area contributed by atoms with Gasteiger partial charge in [0.1, 0.15) is 12.7 Å². The summed E-state index contributed by atoms with van der Waals surface area (Å²) in [5.41, 5.74) is 1.75. The molecule has 2 aromatic carbocycles. The minimum absolute atomic E-state index is 0.0594. The minimum atomic E-state index is -0.549. The first-order chi connectivity index (χ1) is 15.6. The molecule has 0 saturated carbocycles. The van der Waals surface area contributed by atoms with Gasteiger partial charge in [0.05, 0.1) is 11.5 Å². The highest BCUT2D eigenvalue weighted by atomic mass is 16.6. The van der Waals surface area contributed by atoms with Gasteiger partial charge >= 0.3 is 11.7 Å². The highest BCUT2D eigenvalue weighted by Gasteiger charge is 2.25. The average molecular weight is 435 g/mol. The summed E-state index contributed by atoms with van der Waals surface area (Å²) in [6.07, 6.45) is 1.91. The van der Waals surface area contributed by atoms with Crippen LogP contribution in [-0.2, 0) is 22.5 Å². The summed E-state index contributed by atoms with van der Waals surface area (Å²) in [5, 5.41) is 14.8.